The summed E-state index contributed by atoms with van der Waals surface area (Å²) in [6.45, 7) is 2.50. The Morgan fingerprint density at radius 1 is 0.964 bits per heavy atom. The lowest BCUT2D eigenvalue weighted by Crippen LogP contribution is -2.57. The molecular weight excluding hydrogens is 360 g/mol. The van der Waals surface area contributed by atoms with Crippen molar-refractivity contribution in [2.24, 2.45) is 0 Å². The molecule has 2 aromatic carbocycles. The third kappa shape index (κ3) is 3.60. The van der Waals surface area contributed by atoms with Crippen molar-refractivity contribution >= 4 is 17.5 Å². The van der Waals surface area contributed by atoms with E-state index in [9.17, 15) is 9.59 Å². The SMILES string of the molecule is COc1cccc(C(=O)N2CCN(c3cc(OC)ccc3OC)C(=O)[C@@H]2C)c1. The molecule has 1 saturated heterocycles. The molecule has 7 nitrogen and oxygen atoms in total. The fourth-order valence-corrected chi connectivity index (χ4v) is 3.32. The number of nitrogens with zero attached hydrogens (tertiary/aromatic N) is 2. The largest absolute Gasteiger partial charge is 0.497 e. The molecule has 7 heteroatoms. The topological polar surface area (TPSA) is 68.3 Å². The van der Waals surface area contributed by atoms with Crippen LogP contribution in [0.3, 0.4) is 0 Å². The monoisotopic (exact) mass is 384 g/mol. The van der Waals surface area contributed by atoms with Crippen molar-refractivity contribution in [3.8, 4) is 17.2 Å². The van der Waals surface area contributed by atoms with Gasteiger partial charge in [-0.2, -0.15) is 0 Å². The smallest absolute Gasteiger partial charge is 0.254 e. The molecule has 1 atom stereocenters. The lowest BCUT2D eigenvalue weighted by molar-refractivity contribution is -0.124. The Hall–Kier alpha value is -3.22. The highest BCUT2D eigenvalue weighted by Crippen LogP contribution is 2.34. The number of hydrogen-bond donors (Lipinski definition) is 0. The Kier molecular flexibility index (Phi) is 5.73. The van der Waals surface area contributed by atoms with Gasteiger partial charge in [0.25, 0.3) is 5.91 Å². The van der Waals surface area contributed by atoms with Crippen molar-refractivity contribution in [1.29, 1.82) is 0 Å². The summed E-state index contributed by atoms with van der Waals surface area (Å²) < 4.78 is 15.9. The molecule has 28 heavy (non-hydrogen) atoms. The average Bonchev–Trinajstić information content (AvgIpc) is 2.74. The van der Waals surface area contributed by atoms with Gasteiger partial charge in [-0.15, -0.1) is 0 Å². The van der Waals surface area contributed by atoms with E-state index >= 15 is 0 Å². The molecule has 0 unspecified atom stereocenters. The molecule has 2 amide bonds. The maximum atomic E-state index is 13.1. The number of benzene rings is 2. The summed E-state index contributed by atoms with van der Waals surface area (Å²) in [5, 5.41) is 0. The number of methoxy groups -OCH3 is 3. The van der Waals surface area contributed by atoms with Crippen LogP contribution >= 0.6 is 0 Å². The molecule has 1 aliphatic rings. The van der Waals surface area contributed by atoms with Crippen LogP contribution in [-0.4, -0.2) is 57.2 Å². The zero-order chi connectivity index (χ0) is 20.3. The molecule has 1 fully saturated rings. The average molecular weight is 384 g/mol. The molecule has 0 aromatic heterocycles. The molecular formula is C21H24N2O5. The van der Waals surface area contributed by atoms with Crippen molar-refractivity contribution in [2.45, 2.75) is 13.0 Å². The summed E-state index contributed by atoms with van der Waals surface area (Å²) in [4.78, 5) is 29.2. The van der Waals surface area contributed by atoms with Crippen LogP contribution in [0.5, 0.6) is 17.2 Å². The van der Waals surface area contributed by atoms with E-state index in [1.54, 1.807) is 80.5 Å². The molecule has 0 saturated carbocycles. The molecule has 2 aromatic rings. The number of carbonyl (C=O) groups is 2. The van der Waals surface area contributed by atoms with Crippen molar-refractivity contribution in [3.05, 3.63) is 48.0 Å². The van der Waals surface area contributed by atoms with Crippen molar-refractivity contribution in [3.63, 3.8) is 0 Å². The minimum atomic E-state index is -0.608. The first-order valence-electron chi connectivity index (χ1n) is 8.98. The summed E-state index contributed by atoms with van der Waals surface area (Å²) in [6, 6.07) is 11.6. The van der Waals surface area contributed by atoms with Gasteiger partial charge >= 0.3 is 0 Å². The van der Waals surface area contributed by atoms with Gasteiger partial charge in [0.05, 0.1) is 27.0 Å². The Balaban J connectivity index is 1.85. The number of hydrogen-bond acceptors (Lipinski definition) is 5. The molecule has 0 radical (unpaired) electrons. The van der Waals surface area contributed by atoms with Crippen molar-refractivity contribution in [1.82, 2.24) is 4.90 Å². The van der Waals surface area contributed by atoms with Crippen LogP contribution in [-0.2, 0) is 4.79 Å². The third-order valence-electron chi connectivity index (χ3n) is 4.91. The van der Waals surface area contributed by atoms with E-state index in [1.807, 2.05) is 0 Å². The fourth-order valence-electron chi connectivity index (χ4n) is 3.32. The van der Waals surface area contributed by atoms with Crippen molar-refractivity contribution in [2.75, 3.05) is 39.3 Å². The predicted molar refractivity (Wildman–Crippen MR) is 105 cm³/mol. The van der Waals surface area contributed by atoms with Gasteiger partial charge < -0.3 is 24.0 Å². The maximum absolute atomic E-state index is 13.1. The number of anilines is 1. The van der Waals surface area contributed by atoms with E-state index in [0.29, 0.717) is 41.6 Å². The second-order valence-corrected chi connectivity index (χ2v) is 6.43. The van der Waals surface area contributed by atoms with Gasteiger partial charge in [-0.25, -0.2) is 0 Å². The fraction of sp³-hybridized carbons (Fsp3) is 0.333. The van der Waals surface area contributed by atoms with E-state index in [0.717, 1.165) is 0 Å². The molecule has 0 aliphatic carbocycles. The first-order chi connectivity index (χ1) is 13.5. The van der Waals surface area contributed by atoms with Crippen LogP contribution in [0.15, 0.2) is 42.5 Å². The van der Waals surface area contributed by atoms with E-state index in [1.165, 1.54) is 0 Å². The molecule has 0 spiro atoms. The lowest BCUT2D eigenvalue weighted by Gasteiger charge is -2.39. The highest BCUT2D eigenvalue weighted by atomic mass is 16.5. The number of amides is 2. The van der Waals surface area contributed by atoms with Gasteiger partial charge in [-0.05, 0) is 37.3 Å². The van der Waals surface area contributed by atoms with Crippen LogP contribution in [0.1, 0.15) is 17.3 Å². The first kappa shape index (κ1) is 19.5. The normalized spacial score (nSPS) is 16.7. The zero-order valence-corrected chi connectivity index (χ0v) is 16.5. The van der Waals surface area contributed by atoms with E-state index in [-0.39, 0.29) is 11.8 Å². The van der Waals surface area contributed by atoms with Gasteiger partial charge in [0.15, 0.2) is 0 Å². The number of ether oxygens (including phenoxy) is 3. The summed E-state index contributed by atoms with van der Waals surface area (Å²) in [6.07, 6.45) is 0. The van der Waals surface area contributed by atoms with Gasteiger partial charge in [0, 0.05) is 24.7 Å². The third-order valence-corrected chi connectivity index (χ3v) is 4.91. The molecule has 1 aliphatic heterocycles. The summed E-state index contributed by atoms with van der Waals surface area (Å²) in [7, 11) is 4.68. The first-order valence-corrected chi connectivity index (χ1v) is 8.98. The summed E-state index contributed by atoms with van der Waals surface area (Å²) in [5.41, 5.74) is 1.12. The van der Waals surface area contributed by atoms with Crippen LogP contribution in [0.2, 0.25) is 0 Å². The van der Waals surface area contributed by atoms with Gasteiger partial charge in [0.1, 0.15) is 23.3 Å². The van der Waals surface area contributed by atoms with E-state index < -0.39 is 6.04 Å². The van der Waals surface area contributed by atoms with Crippen LogP contribution in [0, 0.1) is 0 Å². The zero-order valence-electron chi connectivity index (χ0n) is 16.5. The minimum absolute atomic E-state index is 0.172. The van der Waals surface area contributed by atoms with Crippen LogP contribution in [0.4, 0.5) is 5.69 Å². The number of piperazine rings is 1. The molecule has 0 bridgehead atoms. The Labute approximate surface area is 164 Å². The molecule has 148 valence electrons. The van der Waals surface area contributed by atoms with Gasteiger partial charge in [-0.1, -0.05) is 6.07 Å². The lowest BCUT2D eigenvalue weighted by atomic mass is 10.1. The second kappa shape index (κ2) is 8.21. The Morgan fingerprint density at radius 3 is 2.36 bits per heavy atom. The Morgan fingerprint density at radius 2 is 1.68 bits per heavy atom. The van der Waals surface area contributed by atoms with Gasteiger partial charge in [-0.3, -0.25) is 9.59 Å². The predicted octanol–water partition coefficient (Wildman–Crippen LogP) is 2.59. The van der Waals surface area contributed by atoms with Gasteiger partial charge in [0.2, 0.25) is 5.91 Å². The molecule has 3 rings (SSSR count). The minimum Gasteiger partial charge on any atom is -0.497 e. The molecule has 1 heterocycles. The molecule has 0 N–H and O–H groups in total. The summed E-state index contributed by atoms with van der Waals surface area (Å²) >= 11 is 0. The second-order valence-electron chi connectivity index (χ2n) is 6.43. The van der Waals surface area contributed by atoms with Crippen molar-refractivity contribution < 1.29 is 23.8 Å². The highest BCUT2D eigenvalue weighted by molar-refractivity contribution is 6.04. The maximum Gasteiger partial charge on any atom is 0.254 e. The summed E-state index contributed by atoms with van der Waals surface area (Å²) in [5.74, 6) is 1.44. The Bertz CT molecular complexity index is 883. The van der Waals surface area contributed by atoms with E-state index in [4.69, 9.17) is 14.2 Å². The van der Waals surface area contributed by atoms with Crippen LogP contribution < -0.4 is 19.1 Å². The standard InChI is InChI=1S/C21H24N2O5/c1-14-20(24)23(18-13-17(27-3)8-9-19(18)28-4)11-10-22(14)21(25)15-6-5-7-16(12-15)26-2/h5-9,12-14H,10-11H2,1-4H3/t14-/m0/s1. The van der Waals surface area contributed by atoms with Crippen LogP contribution in [0.25, 0.3) is 0 Å². The number of carbonyl (C=O) groups excluding carboxylic acids is 2. The quantitative estimate of drug-likeness (QED) is 0.793. The van der Waals surface area contributed by atoms with E-state index in [2.05, 4.69) is 0 Å². The number of rotatable bonds is 5. The highest BCUT2D eigenvalue weighted by Gasteiger charge is 2.36.